The number of aromatic nitrogens is 2. The Morgan fingerprint density at radius 2 is 1.62 bits per heavy atom. The van der Waals surface area contributed by atoms with Crippen molar-refractivity contribution in [2.75, 3.05) is 17.3 Å². The van der Waals surface area contributed by atoms with Crippen LogP contribution < -0.4 is 10.2 Å². The SMILES string of the molecule is Cc1ccc(NC(=O)c2ccc(N(C)c3ccccc3)nn2)cc1. The van der Waals surface area contributed by atoms with Crippen molar-refractivity contribution in [3.8, 4) is 0 Å². The molecule has 0 aliphatic heterocycles. The zero-order valence-corrected chi connectivity index (χ0v) is 13.6. The van der Waals surface area contributed by atoms with Crippen LogP contribution in [0.4, 0.5) is 17.2 Å². The Morgan fingerprint density at radius 1 is 0.917 bits per heavy atom. The van der Waals surface area contributed by atoms with Crippen LogP contribution in [0, 0.1) is 6.92 Å². The maximum absolute atomic E-state index is 12.2. The minimum Gasteiger partial charge on any atom is -0.328 e. The summed E-state index contributed by atoms with van der Waals surface area (Å²) in [6.45, 7) is 2.00. The minimum absolute atomic E-state index is 0.278. The lowest BCUT2D eigenvalue weighted by atomic mass is 10.2. The van der Waals surface area contributed by atoms with Crippen LogP contribution in [0.2, 0.25) is 0 Å². The highest BCUT2D eigenvalue weighted by Crippen LogP contribution is 2.20. The largest absolute Gasteiger partial charge is 0.328 e. The van der Waals surface area contributed by atoms with Crippen LogP contribution in [0.5, 0.6) is 0 Å². The molecule has 1 amide bonds. The predicted octanol–water partition coefficient (Wildman–Crippen LogP) is 3.81. The lowest BCUT2D eigenvalue weighted by Gasteiger charge is -2.17. The van der Waals surface area contributed by atoms with E-state index < -0.39 is 0 Å². The van der Waals surface area contributed by atoms with Crippen molar-refractivity contribution < 1.29 is 4.79 Å². The van der Waals surface area contributed by atoms with Crippen LogP contribution in [0.3, 0.4) is 0 Å². The number of anilines is 3. The summed E-state index contributed by atoms with van der Waals surface area (Å²) in [5.41, 5.74) is 3.16. The van der Waals surface area contributed by atoms with Gasteiger partial charge in [0, 0.05) is 18.4 Å². The molecule has 0 aliphatic carbocycles. The number of hydrogen-bond acceptors (Lipinski definition) is 4. The van der Waals surface area contributed by atoms with Gasteiger partial charge in [0.15, 0.2) is 11.5 Å². The summed E-state index contributed by atoms with van der Waals surface area (Å²) < 4.78 is 0. The normalized spacial score (nSPS) is 10.2. The average molecular weight is 318 g/mol. The third-order valence-corrected chi connectivity index (χ3v) is 3.68. The summed E-state index contributed by atoms with van der Waals surface area (Å²) in [4.78, 5) is 14.1. The molecule has 1 heterocycles. The van der Waals surface area contributed by atoms with Gasteiger partial charge in [0.25, 0.3) is 5.91 Å². The zero-order valence-electron chi connectivity index (χ0n) is 13.6. The van der Waals surface area contributed by atoms with Crippen LogP contribution in [0.15, 0.2) is 66.7 Å². The van der Waals surface area contributed by atoms with Gasteiger partial charge >= 0.3 is 0 Å². The first-order valence-electron chi connectivity index (χ1n) is 7.64. The topological polar surface area (TPSA) is 58.1 Å². The first-order valence-corrected chi connectivity index (χ1v) is 7.64. The molecule has 5 nitrogen and oxygen atoms in total. The van der Waals surface area contributed by atoms with E-state index in [1.54, 1.807) is 12.1 Å². The van der Waals surface area contributed by atoms with Crippen molar-refractivity contribution in [1.29, 1.82) is 0 Å². The average Bonchev–Trinajstić information content (AvgIpc) is 2.64. The molecule has 3 rings (SSSR count). The molecular formula is C19H18N4O. The molecule has 0 atom stereocenters. The van der Waals surface area contributed by atoms with E-state index in [2.05, 4.69) is 15.5 Å². The molecule has 24 heavy (non-hydrogen) atoms. The molecule has 0 fully saturated rings. The van der Waals surface area contributed by atoms with Crippen LogP contribution >= 0.6 is 0 Å². The standard InChI is InChI=1S/C19H18N4O/c1-14-8-10-15(11-9-14)20-19(24)17-12-13-18(22-21-17)23(2)16-6-4-3-5-7-16/h3-13H,1-2H3,(H,20,24). The summed E-state index contributed by atoms with van der Waals surface area (Å²) in [5, 5.41) is 11.0. The van der Waals surface area contributed by atoms with Crippen molar-refractivity contribution in [1.82, 2.24) is 10.2 Å². The van der Waals surface area contributed by atoms with Gasteiger partial charge in [-0.25, -0.2) is 0 Å². The van der Waals surface area contributed by atoms with Crippen LogP contribution in [-0.4, -0.2) is 23.2 Å². The molecule has 2 aromatic carbocycles. The molecule has 0 saturated heterocycles. The number of aryl methyl sites for hydroxylation is 1. The molecule has 0 saturated carbocycles. The molecule has 5 heteroatoms. The van der Waals surface area contributed by atoms with E-state index in [1.807, 2.05) is 73.5 Å². The van der Waals surface area contributed by atoms with Crippen LogP contribution in [-0.2, 0) is 0 Å². The van der Waals surface area contributed by atoms with E-state index in [0.717, 1.165) is 16.9 Å². The van der Waals surface area contributed by atoms with E-state index in [-0.39, 0.29) is 11.6 Å². The lowest BCUT2D eigenvalue weighted by molar-refractivity contribution is 0.102. The van der Waals surface area contributed by atoms with Gasteiger partial charge in [-0.05, 0) is 43.3 Å². The molecule has 120 valence electrons. The Balaban J connectivity index is 1.72. The number of amides is 1. The molecule has 3 aromatic rings. The summed E-state index contributed by atoms with van der Waals surface area (Å²) >= 11 is 0. The zero-order chi connectivity index (χ0) is 16.9. The fourth-order valence-corrected chi connectivity index (χ4v) is 2.24. The number of hydrogen-bond donors (Lipinski definition) is 1. The Bertz CT molecular complexity index is 814. The summed E-state index contributed by atoms with van der Waals surface area (Å²) in [5.74, 6) is 0.397. The fraction of sp³-hybridized carbons (Fsp3) is 0.105. The molecule has 1 aromatic heterocycles. The minimum atomic E-state index is -0.278. The van der Waals surface area contributed by atoms with E-state index in [1.165, 1.54) is 0 Å². The monoisotopic (exact) mass is 318 g/mol. The van der Waals surface area contributed by atoms with Gasteiger partial charge in [0.05, 0.1) is 0 Å². The Kier molecular flexibility index (Phi) is 4.52. The maximum atomic E-state index is 12.2. The van der Waals surface area contributed by atoms with Crippen molar-refractivity contribution in [2.24, 2.45) is 0 Å². The van der Waals surface area contributed by atoms with Gasteiger partial charge in [0.1, 0.15) is 0 Å². The van der Waals surface area contributed by atoms with E-state index in [0.29, 0.717) is 5.82 Å². The van der Waals surface area contributed by atoms with Crippen molar-refractivity contribution >= 4 is 23.1 Å². The Hall–Kier alpha value is -3.21. The van der Waals surface area contributed by atoms with E-state index in [9.17, 15) is 4.79 Å². The van der Waals surface area contributed by atoms with Gasteiger partial charge < -0.3 is 10.2 Å². The Labute approximate surface area is 141 Å². The first kappa shape index (κ1) is 15.7. The highest BCUT2D eigenvalue weighted by molar-refractivity contribution is 6.02. The number of rotatable bonds is 4. The van der Waals surface area contributed by atoms with Gasteiger partial charge in [-0.2, -0.15) is 0 Å². The van der Waals surface area contributed by atoms with Gasteiger partial charge in [-0.3, -0.25) is 4.79 Å². The van der Waals surface area contributed by atoms with Crippen LogP contribution in [0.25, 0.3) is 0 Å². The second-order valence-electron chi connectivity index (χ2n) is 5.49. The first-order chi connectivity index (χ1) is 11.6. The molecule has 0 bridgehead atoms. The number of nitrogens with one attached hydrogen (secondary N) is 1. The smallest absolute Gasteiger partial charge is 0.276 e. The summed E-state index contributed by atoms with van der Waals surface area (Å²) in [6, 6.07) is 20.9. The molecule has 0 spiro atoms. The maximum Gasteiger partial charge on any atom is 0.276 e. The van der Waals surface area contributed by atoms with Gasteiger partial charge in [0.2, 0.25) is 0 Å². The number of benzene rings is 2. The van der Waals surface area contributed by atoms with E-state index >= 15 is 0 Å². The number of nitrogens with zero attached hydrogens (tertiary/aromatic N) is 3. The van der Waals surface area contributed by atoms with Crippen molar-refractivity contribution in [3.05, 3.63) is 78.0 Å². The quantitative estimate of drug-likeness (QED) is 0.795. The summed E-state index contributed by atoms with van der Waals surface area (Å²) in [6.07, 6.45) is 0. The van der Waals surface area contributed by atoms with Crippen molar-refractivity contribution in [3.63, 3.8) is 0 Å². The third kappa shape index (κ3) is 3.57. The molecular weight excluding hydrogens is 300 g/mol. The summed E-state index contributed by atoms with van der Waals surface area (Å²) in [7, 11) is 1.91. The molecule has 0 radical (unpaired) electrons. The Morgan fingerprint density at radius 3 is 2.25 bits per heavy atom. The molecule has 1 N–H and O–H groups in total. The fourth-order valence-electron chi connectivity index (χ4n) is 2.24. The van der Waals surface area contributed by atoms with Crippen molar-refractivity contribution in [2.45, 2.75) is 6.92 Å². The second kappa shape index (κ2) is 6.91. The highest BCUT2D eigenvalue weighted by atomic mass is 16.1. The molecule has 0 aliphatic rings. The van der Waals surface area contributed by atoms with E-state index in [4.69, 9.17) is 0 Å². The number of carbonyl (C=O) groups is 1. The lowest BCUT2D eigenvalue weighted by Crippen LogP contribution is -2.16. The third-order valence-electron chi connectivity index (χ3n) is 3.68. The predicted molar refractivity (Wildman–Crippen MR) is 95.7 cm³/mol. The van der Waals surface area contributed by atoms with Gasteiger partial charge in [-0.1, -0.05) is 35.9 Å². The number of carbonyl (C=O) groups excluding carboxylic acids is 1. The second-order valence-corrected chi connectivity index (χ2v) is 5.49. The molecule has 0 unspecified atom stereocenters. The van der Waals surface area contributed by atoms with Crippen LogP contribution in [0.1, 0.15) is 16.1 Å². The number of para-hydroxylation sites is 1. The highest BCUT2D eigenvalue weighted by Gasteiger charge is 2.11. The van der Waals surface area contributed by atoms with Gasteiger partial charge in [-0.15, -0.1) is 10.2 Å².